The minimum Gasteiger partial charge on any atom is -0.310 e. The third-order valence-electron chi connectivity index (χ3n) is 14.0. The highest BCUT2D eigenvalue weighted by Crippen LogP contribution is 2.58. The number of anilines is 3. The van der Waals surface area contributed by atoms with Crippen LogP contribution < -0.4 is 4.90 Å². The molecule has 0 saturated carbocycles. The third kappa shape index (κ3) is 5.55. The number of hydrogen-bond donors (Lipinski definition) is 0. The fraction of sp³-hybridized carbons (Fsp3) is 0.423. The molecule has 0 heterocycles. The fourth-order valence-corrected chi connectivity index (χ4v) is 10.4. The van der Waals surface area contributed by atoms with Crippen LogP contribution in [0.15, 0.2) is 97.1 Å². The lowest BCUT2D eigenvalue weighted by atomic mass is 9.60. The maximum Gasteiger partial charge on any atom is 0.0543 e. The molecule has 1 heteroatoms. The Bertz CT molecular complexity index is 2240. The SMILES string of the molecule is CC(C)c1ccc2c(c1-c1cc3c(cc1N(c1ccccc1)c1ccc4c(c1)C(C)(C)CCC4(C)C)C(C)(C)c1ccccc1-3)C(C)(C)CCC2(C)C. The Labute approximate surface area is 320 Å². The molecule has 1 nitrogen and oxygen atoms in total. The summed E-state index contributed by atoms with van der Waals surface area (Å²) in [6, 6.07) is 37.9. The second kappa shape index (κ2) is 11.9. The van der Waals surface area contributed by atoms with Crippen molar-refractivity contribution in [3.8, 4) is 22.3 Å². The molecule has 3 aliphatic carbocycles. The van der Waals surface area contributed by atoms with E-state index in [1.54, 1.807) is 5.56 Å². The lowest BCUT2D eigenvalue weighted by Crippen LogP contribution is -2.35. The molecule has 0 bridgehead atoms. The molecule has 3 aliphatic rings. The summed E-state index contributed by atoms with van der Waals surface area (Å²) in [6.07, 6.45) is 4.78. The zero-order valence-electron chi connectivity index (χ0n) is 34.6. The quantitative estimate of drug-likeness (QED) is 0.176. The van der Waals surface area contributed by atoms with Crippen molar-refractivity contribution in [1.82, 2.24) is 0 Å². The summed E-state index contributed by atoms with van der Waals surface area (Å²) in [5.74, 6) is 0.373. The van der Waals surface area contributed by atoms with E-state index < -0.39 is 0 Å². The van der Waals surface area contributed by atoms with Gasteiger partial charge < -0.3 is 4.90 Å². The molecule has 0 spiro atoms. The molecule has 0 atom stereocenters. The second-order valence-electron chi connectivity index (χ2n) is 20.1. The van der Waals surface area contributed by atoms with E-state index in [1.807, 2.05) is 0 Å². The summed E-state index contributed by atoms with van der Waals surface area (Å²) >= 11 is 0. The van der Waals surface area contributed by atoms with Gasteiger partial charge >= 0.3 is 0 Å². The van der Waals surface area contributed by atoms with Gasteiger partial charge in [-0.25, -0.2) is 0 Å². The Morgan fingerprint density at radius 3 is 1.72 bits per heavy atom. The molecule has 0 radical (unpaired) electrons. The molecular weight excluding hydrogens is 639 g/mol. The van der Waals surface area contributed by atoms with E-state index in [2.05, 4.69) is 185 Å². The van der Waals surface area contributed by atoms with Crippen molar-refractivity contribution in [3.63, 3.8) is 0 Å². The van der Waals surface area contributed by atoms with Crippen LogP contribution in [0.1, 0.15) is 154 Å². The minimum absolute atomic E-state index is 0.0392. The molecule has 0 N–H and O–H groups in total. The minimum atomic E-state index is -0.123. The Balaban J connectivity index is 1.53. The van der Waals surface area contributed by atoms with Gasteiger partial charge in [0, 0.05) is 22.4 Å². The molecule has 0 aliphatic heterocycles. The molecule has 53 heavy (non-hydrogen) atoms. The largest absolute Gasteiger partial charge is 0.310 e. The van der Waals surface area contributed by atoms with Crippen LogP contribution >= 0.6 is 0 Å². The van der Waals surface area contributed by atoms with Crippen molar-refractivity contribution >= 4 is 17.1 Å². The third-order valence-corrected chi connectivity index (χ3v) is 14.0. The van der Waals surface area contributed by atoms with E-state index in [0.717, 1.165) is 0 Å². The molecule has 0 amide bonds. The van der Waals surface area contributed by atoms with Gasteiger partial charge in [-0.15, -0.1) is 0 Å². The summed E-state index contributed by atoms with van der Waals surface area (Å²) in [6.45, 7) is 29.3. The lowest BCUT2D eigenvalue weighted by Gasteiger charge is -2.44. The summed E-state index contributed by atoms with van der Waals surface area (Å²) < 4.78 is 0. The monoisotopic (exact) mass is 699 g/mol. The highest BCUT2D eigenvalue weighted by molar-refractivity contribution is 5.97. The summed E-state index contributed by atoms with van der Waals surface area (Å²) in [5, 5.41) is 0. The Kier molecular flexibility index (Phi) is 8.10. The first kappa shape index (κ1) is 35.9. The molecule has 0 unspecified atom stereocenters. The van der Waals surface area contributed by atoms with Gasteiger partial charge in [0.2, 0.25) is 0 Å². The van der Waals surface area contributed by atoms with Crippen LogP contribution in [0.25, 0.3) is 22.3 Å². The number of hydrogen-bond acceptors (Lipinski definition) is 1. The maximum absolute atomic E-state index is 2.61. The molecule has 0 saturated heterocycles. The predicted molar refractivity (Wildman–Crippen MR) is 229 cm³/mol. The average Bonchev–Trinajstić information content (AvgIpc) is 3.34. The molecule has 274 valence electrons. The molecule has 5 aromatic carbocycles. The first-order chi connectivity index (χ1) is 24.8. The number of para-hydroxylation sites is 1. The van der Waals surface area contributed by atoms with E-state index in [1.165, 1.54) is 98.4 Å². The van der Waals surface area contributed by atoms with Gasteiger partial charge in [-0.05, 0) is 145 Å². The normalized spacial score (nSPS) is 19.6. The van der Waals surface area contributed by atoms with Gasteiger partial charge in [0.15, 0.2) is 0 Å². The maximum atomic E-state index is 2.61. The second-order valence-corrected chi connectivity index (χ2v) is 20.1. The Hall–Kier alpha value is -4.10. The molecular formula is C52H61N. The summed E-state index contributed by atoms with van der Waals surface area (Å²) in [5.41, 5.74) is 19.9. The lowest BCUT2D eigenvalue weighted by molar-refractivity contribution is 0.332. The number of benzene rings is 5. The number of fused-ring (bicyclic) bond motifs is 5. The molecule has 0 aromatic heterocycles. The fourth-order valence-electron chi connectivity index (χ4n) is 10.4. The zero-order chi connectivity index (χ0) is 37.9. The van der Waals surface area contributed by atoms with Crippen LogP contribution in [0.2, 0.25) is 0 Å². The van der Waals surface area contributed by atoms with Crippen LogP contribution in [0.4, 0.5) is 17.1 Å². The first-order valence-electron chi connectivity index (χ1n) is 20.3. The van der Waals surface area contributed by atoms with Gasteiger partial charge in [-0.2, -0.15) is 0 Å². The number of nitrogens with zero attached hydrogens (tertiary/aromatic N) is 1. The smallest absolute Gasteiger partial charge is 0.0543 e. The van der Waals surface area contributed by atoms with E-state index >= 15 is 0 Å². The molecule has 8 rings (SSSR count). The van der Waals surface area contributed by atoms with Crippen molar-refractivity contribution in [1.29, 1.82) is 0 Å². The van der Waals surface area contributed by atoms with Gasteiger partial charge in [-0.1, -0.05) is 144 Å². The standard InChI is InChI=1S/C52H61N/c1-33(2)36-23-25-42-47(51(9,10)29-28-49(42,5)6)46(36)39-31-38-37-20-16-17-21-40(37)52(11,12)43(38)32-45(39)53(34-18-14-13-15-19-34)35-22-24-41-44(30-35)50(7,8)27-26-48(41,3)4/h13-25,30-33H,26-29H2,1-12H3. The van der Waals surface area contributed by atoms with Crippen LogP contribution in [-0.2, 0) is 27.1 Å². The molecule has 5 aromatic rings. The highest BCUT2D eigenvalue weighted by Gasteiger charge is 2.43. The summed E-state index contributed by atoms with van der Waals surface area (Å²) in [7, 11) is 0. The van der Waals surface area contributed by atoms with Gasteiger partial charge in [0.05, 0.1) is 5.69 Å². The Morgan fingerprint density at radius 2 is 1.04 bits per heavy atom. The van der Waals surface area contributed by atoms with Gasteiger partial charge in [0.1, 0.15) is 0 Å². The van der Waals surface area contributed by atoms with E-state index in [9.17, 15) is 0 Å². The van der Waals surface area contributed by atoms with Crippen LogP contribution in [-0.4, -0.2) is 0 Å². The van der Waals surface area contributed by atoms with Gasteiger partial charge in [0.25, 0.3) is 0 Å². The van der Waals surface area contributed by atoms with Crippen molar-refractivity contribution in [2.24, 2.45) is 0 Å². The molecule has 0 fully saturated rings. The van der Waals surface area contributed by atoms with Crippen molar-refractivity contribution in [2.75, 3.05) is 4.90 Å². The topological polar surface area (TPSA) is 3.24 Å². The first-order valence-corrected chi connectivity index (χ1v) is 20.3. The van der Waals surface area contributed by atoms with Crippen LogP contribution in [0.5, 0.6) is 0 Å². The van der Waals surface area contributed by atoms with Crippen molar-refractivity contribution in [3.05, 3.63) is 136 Å². The summed E-state index contributed by atoms with van der Waals surface area (Å²) in [4.78, 5) is 2.61. The zero-order valence-corrected chi connectivity index (χ0v) is 34.6. The predicted octanol–water partition coefficient (Wildman–Crippen LogP) is 15.0. The van der Waals surface area contributed by atoms with E-state index in [0.29, 0.717) is 5.92 Å². The average molecular weight is 700 g/mol. The highest BCUT2D eigenvalue weighted by atomic mass is 15.1. The van der Waals surface area contributed by atoms with E-state index in [-0.39, 0.29) is 27.1 Å². The van der Waals surface area contributed by atoms with Crippen molar-refractivity contribution < 1.29 is 0 Å². The van der Waals surface area contributed by atoms with Gasteiger partial charge in [-0.3, -0.25) is 0 Å². The Morgan fingerprint density at radius 1 is 0.453 bits per heavy atom. The van der Waals surface area contributed by atoms with Crippen LogP contribution in [0.3, 0.4) is 0 Å². The van der Waals surface area contributed by atoms with E-state index in [4.69, 9.17) is 0 Å². The van der Waals surface area contributed by atoms with Crippen LogP contribution in [0, 0.1) is 0 Å². The number of rotatable bonds is 5. The van der Waals surface area contributed by atoms with Crippen molar-refractivity contribution in [2.45, 2.75) is 142 Å².